The molecule has 1 saturated heterocycles. The molecule has 1 heterocycles. The van der Waals surface area contributed by atoms with Crippen molar-refractivity contribution in [1.82, 2.24) is 0 Å². The fraction of sp³-hybridized carbons (Fsp3) is 1.00. The molecule has 4 heteroatoms. The van der Waals surface area contributed by atoms with Crippen molar-refractivity contribution in [3.8, 4) is 0 Å². The van der Waals surface area contributed by atoms with Gasteiger partial charge in [0, 0.05) is 5.94 Å². The summed E-state index contributed by atoms with van der Waals surface area (Å²) in [6.07, 6.45) is 2.71. The lowest BCUT2D eigenvalue weighted by Crippen LogP contribution is -2.65. The van der Waals surface area contributed by atoms with Gasteiger partial charge in [-0.25, -0.2) is 0 Å². The summed E-state index contributed by atoms with van der Waals surface area (Å²) in [6.45, 7) is 8.93. The van der Waals surface area contributed by atoms with E-state index in [0.29, 0.717) is 11.3 Å². The molecule has 90 valence electrons. The number of hydrogen-bond acceptors (Lipinski definition) is 3. The van der Waals surface area contributed by atoms with Gasteiger partial charge in [-0.05, 0) is 37.0 Å². The van der Waals surface area contributed by atoms with Gasteiger partial charge in [-0.3, -0.25) is 0 Å². The van der Waals surface area contributed by atoms with Crippen LogP contribution in [0.25, 0.3) is 0 Å². The van der Waals surface area contributed by atoms with Crippen molar-refractivity contribution < 1.29 is 9.31 Å². The average molecular weight is 223 g/mol. The SMILES string of the molecule is CC(N)B1O[C@H]2C[C@H]3C[C@@H](C3(C)C)[C@]2(C)O1. The van der Waals surface area contributed by atoms with Gasteiger partial charge in [-0.1, -0.05) is 20.8 Å². The highest BCUT2D eigenvalue weighted by atomic mass is 16.7. The zero-order chi connectivity index (χ0) is 11.7. The molecular weight excluding hydrogens is 201 g/mol. The van der Waals surface area contributed by atoms with E-state index in [9.17, 15) is 0 Å². The zero-order valence-corrected chi connectivity index (χ0v) is 10.7. The van der Waals surface area contributed by atoms with Crippen LogP contribution in [0.1, 0.15) is 40.5 Å². The van der Waals surface area contributed by atoms with Crippen LogP contribution < -0.4 is 5.73 Å². The van der Waals surface area contributed by atoms with Gasteiger partial charge in [-0.2, -0.15) is 0 Å². The molecule has 0 aromatic rings. The molecule has 16 heavy (non-hydrogen) atoms. The Morgan fingerprint density at radius 3 is 2.56 bits per heavy atom. The fourth-order valence-electron chi connectivity index (χ4n) is 4.13. The third-order valence-electron chi connectivity index (χ3n) is 5.40. The molecule has 3 saturated carbocycles. The quantitative estimate of drug-likeness (QED) is 0.686. The van der Waals surface area contributed by atoms with E-state index in [1.165, 1.54) is 6.42 Å². The first-order valence-electron chi connectivity index (χ1n) is 6.44. The summed E-state index contributed by atoms with van der Waals surface area (Å²) in [5.74, 6) is 1.40. The van der Waals surface area contributed by atoms with E-state index in [1.807, 2.05) is 6.92 Å². The molecule has 0 radical (unpaired) electrons. The molecular formula is C12H22BNO2. The van der Waals surface area contributed by atoms with Gasteiger partial charge in [0.1, 0.15) is 0 Å². The Balaban J connectivity index is 1.87. The van der Waals surface area contributed by atoms with Gasteiger partial charge in [0.25, 0.3) is 0 Å². The van der Waals surface area contributed by atoms with Crippen LogP contribution in [0.5, 0.6) is 0 Å². The van der Waals surface area contributed by atoms with E-state index in [0.717, 1.165) is 12.3 Å². The fourth-order valence-corrected chi connectivity index (χ4v) is 4.13. The van der Waals surface area contributed by atoms with Crippen molar-refractivity contribution in [1.29, 1.82) is 0 Å². The lowest BCUT2D eigenvalue weighted by molar-refractivity contribution is -0.199. The summed E-state index contributed by atoms with van der Waals surface area (Å²) < 4.78 is 12.1. The van der Waals surface area contributed by atoms with Crippen LogP contribution in [0.3, 0.4) is 0 Å². The minimum Gasteiger partial charge on any atom is -0.404 e. The minimum atomic E-state index is -0.204. The first-order chi connectivity index (χ1) is 7.35. The first kappa shape index (κ1) is 11.1. The lowest BCUT2D eigenvalue weighted by atomic mass is 9.43. The third kappa shape index (κ3) is 1.16. The molecule has 0 amide bonds. The van der Waals surface area contributed by atoms with Crippen molar-refractivity contribution in [2.24, 2.45) is 23.0 Å². The Morgan fingerprint density at radius 2 is 2.00 bits per heavy atom. The summed E-state index contributed by atoms with van der Waals surface area (Å²) in [5, 5.41) is 0. The summed E-state index contributed by atoms with van der Waals surface area (Å²) in [5.41, 5.74) is 6.20. The van der Waals surface area contributed by atoms with E-state index in [1.54, 1.807) is 0 Å². The monoisotopic (exact) mass is 223 g/mol. The zero-order valence-electron chi connectivity index (χ0n) is 10.7. The van der Waals surface area contributed by atoms with Crippen molar-refractivity contribution in [2.75, 3.05) is 0 Å². The average Bonchev–Trinajstić information content (AvgIpc) is 2.54. The summed E-state index contributed by atoms with van der Waals surface area (Å²) in [7, 11) is -0.204. The molecule has 3 nitrogen and oxygen atoms in total. The van der Waals surface area contributed by atoms with Crippen LogP contribution in [-0.2, 0) is 9.31 Å². The van der Waals surface area contributed by atoms with Crippen molar-refractivity contribution in [3.63, 3.8) is 0 Å². The Labute approximate surface area is 98.2 Å². The highest BCUT2D eigenvalue weighted by Gasteiger charge is 2.68. The molecule has 4 rings (SSSR count). The van der Waals surface area contributed by atoms with Gasteiger partial charge in [0.15, 0.2) is 0 Å². The van der Waals surface area contributed by atoms with Gasteiger partial charge < -0.3 is 15.0 Å². The van der Waals surface area contributed by atoms with E-state index < -0.39 is 0 Å². The summed E-state index contributed by atoms with van der Waals surface area (Å²) >= 11 is 0. The Bertz CT molecular complexity index is 320. The predicted octanol–water partition coefficient (Wildman–Crippen LogP) is 1.60. The molecule has 0 aromatic heterocycles. The van der Waals surface area contributed by atoms with E-state index in [4.69, 9.17) is 15.0 Å². The van der Waals surface area contributed by atoms with Crippen molar-refractivity contribution >= 4 is 7.12 Å². The molecule has 4 fully saturated rings. The van der Waals surface area contributed by atoms with Crippen molar-refractivity contribution in [2.45, 2.75) is 58.2 Å². The van der Waals surface area contributed by atoms with Crippen LogP contribution in [-0.4, -0.2) is 24.8 Å². The second-order valence-corrected chi connectivity index (χ2v) is 6.70. The third-order valence-corrected chi connectivity index (χ3v) is 5.40. The van der Waals surface area contributed by atoms with Gasteiger partial charge in [-0.15, -0.1) is 0 Å². The second-order valence-electron chi connectivity index (χ2n) is 6.70. The topological polar surface area (TPSA) is 44.5 Å². The summed E-state index contributed by atoms with van der Waals surface area (Å²) in [6, 6.07) is 0. The van der Waals surface area contributed by atoms with Gasteiger partial charge in [0.2, 0.25) is 0 Å². The number of rotatable bonds is 1. The molecule has 5 atom stereocenters. The van der Waals surface area contributed by atoms with Gasteiger partial charge >= 0.3 is 7.12 Å². The number of hydrogen-bond donors (Lipinski definition) is 1. The smallest absolute Gasteiger partial charge is 0.404 e. The first-order valence-corrected chi connectivity index (χ1v) is 6.44. The van der Waals surface area contributed by atoms with Crippen LogP contribution in [0.4, 0.5) is 0 Å². The Morgan fingerprint density at radius 1 is 1.31 bits per heavy atom. The van der Waals surface area contributed by atoms with E-state index in [-0.39, 0.29) is 24.8 Å². The molecule has 1 aliphatic heterocycles. The van der Waals surface area contributed by atoms with Gasteiger partial charge in [0.05, 0.1) is 11.7 Å². The highest BCUT2D eigenvalue weighted by molar-refractivity contribution is 6.47. The molecule has 1 unspecified atom stereocenters. The maximum absolute atomic E-state index is 6.15. The maximum atomic E-state index is 6.15. The van der Waals surface area contributed by atoms with Crippen LogP contribution in [0, 0.1) is 17.3 Å². The Kier molecular flexibility index (Phi) is 2.10. The molecule has 2 bridgehead atoms. The normalized spacial score (nSPS) is 50.8. The Hall–Kier alpha value is -0.0551. The number of nitrogens with two attached hydrogens (primary N) is 1. The molecule has 3 aliphatic carbocycles. The predicted molar refractivity (Wildman–Crippen MR) is 63.8 cm³/mol. The minimum absolute atomic E-state index is 0.0391. The molecule has 4 aliphatic rings. The molecule has 0 aromatic carbocycles. The standard InChI is InChI=1S/C12H22BNO2/c1-7(14)13-15-10-6-8-5-9(11(8,2)3)12(10,4)16-13/h7-10H,5-6,14H2,1-4H3/t7?,8-,9+,10+,12+/m1/s1. The highest BCUT2D eigenvalue weighted by Crippen LogP contribution is 2.65. The maximum Gasteiger partial charge on any atom is 0.475 e. The van der Waals surface area contributed by atoms with E-state index in [2.05, 4.69) is 20.8 Å². The van der Waals surface area contributed by atoms with Crippen molar-refractivity contribution in [3.05, 3.63) is 0 Å². The van der Waals surface area contributed by atoms with Crippen LogP contribution in [0.2, 0.25) is 0 Å². The second kappa shape index (κ2) is 3.03. The lowest BCUT2D eigenvalue weighted by Gasteiger charge is -2.64. The summed E-state index contributed by atoms with van der Waals surface area (Å²) in [4.78, 5) is 0. The van der Waals surface area contributed by atoms with E-state index >= 15 is 0 Å². The van der Waals surface area contributed by atoms with Crippen LogP contribution in [0.15, 0.2) is 0 Å². The largest absolute Gasteiger partial charge is 0.475 e. The van der Waals surface area contributed by atoms with Crippen LogP contribution >= 0.6 is 0 Å². The molecule has 0 spiro atoms. The molecule has 2 N–H and O–H groups in total.